The number of nitrogens with one attached hydrogen (secondary N) is 1. The molecule has 1 N–H and O–H groups in total. The number of fused-ring (bicyclic) bond motifs is 1. The van der Waals surface area contributed by atoms with E-state index in [1.807, 2.05) is 12.1 Å². The minimum Gasteiger partial charge on any atom is -0.497 e. The fourth-order valence-electron chi connectivity index (χ4n) is 3.67. The van der Waals surface area contributed by atoms with E-state index in [9.17, 15) is 0 Å². The molecule has 1 aliphatic rings. The minimum atomic E-state index is 0.878. The molecule has 1 fully saturated rings. The van der Waals surface area contributed by atoms with Crippen molar-refractivity contribution in [3.63, 3.8) is 0 Å². The van der Waals surface area contributed by atoms with Crippen LogP contribution in [0.15, 0.2) is 42.5 Å². The number of aromatic nitrogens is 1. The number of likely N-dealkylation sites (tertiary alicyclic amines) is 1. The van der Waals surface area contributed by atoms with Crippen LogP contribution in [0.2, 0.25) is 0 Å². The number of rotatable bonds is 7. The lowest BCUT2D eigenvalue weighted by Crippen LogP contribution is -2.35. The van der Waals surface area contributed by atoms with Gasteiger partial charge in [-0.1, -0.05) is 30.7 Å². The Morgan fingerprint density at radius 2 is 1.96 bits per heavy atom. The molecule has 1 saturated heterocycles. The van der Waals surface area contributed by atoms with Crippen molar-refractivity contribution in [2.45, 2.75) is 25.8 Å². The minimum absolute atomic E-state index is 0.878. The third kappa shape index (κ3) is 4.49. The van der Waals surface area contributed by atoms with Gasteiger partial charge >= 0.3 is 0 Å². The SMILES string of the molecule is COc1ccc2nc(-c3ccccc3CNCCN3CCCCC3)sc2c1. The first-order valence-electron chi connectivity index (χ1n) is 9.79. The molecule has 0 amide bonds. The van der Waals surface area contributed by atoms with E-state index in [-0.39, 0.29) is 0 Å². The van der Waals surface area contributed by atoms with Gasteiger partial charge in [-0.2, -0.15) is 0 Å². The Hall–Kier alpha value is -1.95. The van der Waals surface area contributed by atoms with E-state index < -0.39 is 0 Å². The molecule has 2 heterocycles. The molecule has 4 nitrogen and oxygen atoms in total. The molecule has 142 valence electrons. The van der Waals surface area contributed by atoms with Crippen molar-refractivity contribution < 1.29 is 4.74 Å². The van der Waals surface area contributed by atoms with Gasteiger partial charge in [-0.25, -0.2) is 4.98 Å². The lowest BCUT2D eigenvalue weighted by atomic mass is 10.1. The molecule has 3 aromatic rings. The Labute approximate surface area is 165 Å². The second kappa shape index (κ2) is 8.83. The summed E-state index contributed by atoms with van der Waals surface area (Å²) in [5.41, 5.74) is 3.56. The van der Waals surface area contributed by atoms with Gasteiger partial charge in [0.15, 0.2) is 0 Å². The van der Waals surface area contributed by atoms with Crippen molar-refractivity contribution in [2.24, 2.45) is 0 Å². The average molecular weight is 382 g/mol. The number of nitrogens with zero attached hydrogens (tertiary/aromatic N) is 2. The Balaban J connectivity index is 1.44. The van der Waals surface area contributed by atoms with E-state index in [2.05, 4.69) is 40.5 Å². The molecule has 1 aliphatic heterocycles. The molecule has 0 aliphatic carbocycles. The zero-order chi connectivity index (χ0) is 18.5. The van der Waals surface area contributed by atoms with Crippen LogP contribution < -0.4 is 10.1 Å². The topological polar surface area (TPSA) is 37.4 Å². The van der Waals surface area contributed by atoms with Crippen LogP contribution in [-0.2, 0) is 6.54 Å². The Morgan fingerprint density at radius 1 is 1.11 bits per heavy atom. The fourth-order valence-corrected chi connectivity index (χ4v) is 4.73. The standard InChI is InChI=1S/C22H27N3OS/c1-26-18-9-10-20-21(15-18)27-22(24-20)19-8-4-3-7-17(19)16-23-11-14-25-12-5-2-6-13-25/h3-4,7-10,15,23H,2,5-6,11-14,16H2,1H3. The van der Waals surface area contributed by atoms with Gasteiger partial charge in [-0.3, -0.25) is 0 Å². The fraction of sp³-hybridized carbons (Fsp3) is 0.409. The maximum Gasteiger partial charge on any atom is 0.124 e. The van der Waals surface area contributed by atoms with E-state index in [1.54, 1.807) is 18.4 Å². The molecule has 5 heteroatoms. The highest BCUT2D eigenvalue weighted by Crippen LogP contribution is 2.33. The number of methoxy groups -OCH3 is 1. The first-order chi connectivity index (χ1) is 13.3. The van der Waals surface area contributed by atoms with Crippen LogP contribution in [0.25, 0.3) is 20.8 Å². The predicted molar refractivity (Wildman–Crippen MR) is 114 cm³/mol. The second-order valence-electron chi connectivity index (χ2n) is 7.09. The Bertz CT molecular complexity index is 886. The van der Waals surface area contributed by atoms with Gasteiger partial charge in [0, 0.05) is 25.2 Å². The zero-order valence-electron chi connectivity index (χ0n) is 15.9. The van der Waals surface area contributed by atoms with E-state index in [4.69, 9.17) is 9.72 Å². The maximum atomic E-state index is 5.34. The van der Waals surface area contributed by atoms with Gasteiger partial charge in [0.05, 0.1) is 17.3 Å². The molecule has 0 bridgehead atoms. The van der Waals surface area contributed by atoms with E-state index in [1.165, 1.54) is 43.5 Å². The lowest BCUT2D eigenvalue weighted by molar-refractivity contribution is 0.229. The summed E-state index contributed by atoms with van der Waals surface area (Å²) in [6.45, 7) is 5.57. The maximum absolute atomic E-state index is 5.34. The predicted octanol–water partition coefficient (Wildman–Crippen LogP) is 4.55. The molecule has 27 heavy (non-hydrogen) atoms. The zero-order valence-corrected chi connectivity index (χ0v) is 16.7. The van der Waals surface area contributed by atoms with Crippen LogP contribution in [0.3, 0.4) is 0 Å². The lowest BCUT2D eigenvalue weighted by Gasteiger charge is -2.26. The quantitative estimate of drug-likeness (QED) is 0.610. The number of hydrogen-bond acceptors (Lipinski definition) is 5. The van der Waals surface area contributed by atoms with Crippen molar-refractivity contribution in [1.29, 1.82) is 0 Å². The molecule has 0 spiro atoms. The van der Waals surface area contributed by atoms with Crippen LogP contribution >= 0.6 is 11.3 Å². The highest BCUT2D eigenvalue weighted by molar-refractivity contribution is 7.21. The largest absolute Gasteiger partial charge is 0.497 e. The van der Waals surface area contributed by atoms with Crippen LogP contribution in [-0.4, -0.2) is 43.2 Å². The average Bonchev–Trinajstić information content (AvgIpc) is 3.15. The summed E-state index contributed by atoms with van der Waals surface area (Å²) in [5.74, 6) is 0.880. The van der Waals surface area contributed by atoms with Crippen molar-refractivity contribution in [3.05, 3.63) is 48.0 Å². The molecule has 2 aromatic carbocycles. The van der Waals surface area contributed by atoms with Crippen LogP contribution in [0.5, 0.6) is 5.75 Å². The summed E-state index contributed by atoms with van der Waals surface area (Å²) >= 11 is 1.73. The van der Waals surface area contributed by atoms with Gasteiger partial charge < -0.3 is 15.0 Å². The van der Waals surface area contributed by atoms with Crippen LogP contribution in [0.4, 0.5) is 0 Å². The molecule has 0 radical (unpaired) electrons. The number of ether oxygens (including phenoxy) is 1. The van der Waals surface area contributed by atoms with Gasteiger partial charge in [-0.15, -0.1) is 11.3 Å². The monoisotopic (exact) mass is 381 g/mol. The Morgan fingerprint density at radius 3 is 2.81 bits per heavy atom. The highest BCUT2D eigenvalue weighted by Gasteiger charge is 2.12. The van der Waals surface area contributed by atoms with Gasteiger partial charge in [0.25, 0.3) is 0 Å². The third-order valence-corrected chi connectivity index (χ3v) is 6.26. The second-order valence-corrected chi connectivity index (χ2v) is 8.12. The van der Waals surface area contributed by atoms with Gasteiger partial charge in [-0.05, 0) is 49.7 Å². The normalized spacial score (nSPS) is 15.3. The summed E-state index contributed by atoms with van der Waals surface area (Å²) in [5, 5.41) is 4.70. The van der Waals surface area contributed by atoms with Crippen molar-refractivity contribution in [3.8, 4) is 16.3 Å². The molecule has 1 aromatic heterocycles. The van der Waals surface area contributed by atoms with E-state index in [0.717, 1.165) is 40.6 Å². The highest BCUT2D eigenvalue weighted by atomic mass is 32.1. The van der Waals surface area contributed by atoms with E-state index in [0.29, 0.717) is 0 Å². The Kier molecular flexibility index (Phi) is 6.02. The van der Waals surface area contributed by atoms with Crippen molar-refractivity contribution in [1.82, 2.24) is 15.2 Å². The molecular formula is C22H27N3OS. The van der Waals surface area contributed by atoms with Gasteiger partial charge in [0.2, 0.25) is 0 Å². The van der Waals surface area contributed by atoms with Crippen LogP contribution in [0, 0.1) is 0 Å². The first kappa shape index (κ1) is 18.4. The van der Waals surface area contributed by atoms with Crippen molar-refractivity contribution >= 4 is 21.6 Å². The van der Waals surface area contributed by atoms with Crippen molar-refractivity contribution in [2.75, 3.05) is 33.3 Å². The molecule has 0 saturated carbocycles. The van der Waals surface area contributed by atoms with Crippen LogP contribution in [0.1, 0.15) is 24.8 Å². The smallest absolute Gasteiger partial charge is 0.124 e. The first-order valence-corrected chi connectivity index (χ1v) is 10.6. The number of benzene rings is 2. The third-order valence-electron chi connectivity index (χ3n) is 5.21. The summed E-state index contributed by atoms with van der Waals surface area (Å²) in [6, 6.07) is 14.7. The number of hydrogen-bond donors (Lipinski definition) is 1. The molecule has 4 rings (SSSR count). The molecular weight excluding hydrogens is 354 g/mol. The summed E-state index contributed by atoms with van der Waals surface area (Å²) in [7, 11) is 1.70. The van der Waals surface area contributed by atoms with E-state index >= 15 is 0 Å². The summed E-state index contributed by atoms with van der Waals surface area (Å²) in [6.07, 6.45) is 4.10. The number of thiazole rings is 1. The summed E-state index contributed by atoms with van der Waals surface area (Å²) < 4.78 is 6.51. The summed E-state index contributed by atoms with van der Waals surface area (Å²) in [4.78, 5) is 7.42. The molecule has 0 unspecified atom stereocenters. The number of piperidine rings is 1. The molecule has 0 atom stereocenters. The van der Waals surface area contributed by atoms with Gasteiger partial charge in [0.1, 0.15) is 10.8 Å².